The van der Waals surface area contributed by atoms with Crippen molar-refractivity contribution in [1.82, 2.24) is 0 Å². The molecule has 3 aromatic carbocycles. The van der Waals surface area contributed by atoms with Gasteiger partial charge >= 0.3 is 5.97 Å². The Labute approximate surface area is 197 Å². The Balaban J connectivity index is 1.43. The summed E-state index contributed by atoms with van der Waals surface area (Å²) in [6.07, 6.45) is 2.14. The van der Waals surface area contributed by atoms with Crippen molar-refractivity contribution >= 4 is 35.2 Å². The number of carbonyl (C=O) groups excluding carboxylic acids is 1. The van der Waals surface area contributed by atoms with Gasteiger partial charge in [-0.05, 0) is 70.1 Å². The Bertz CT molecular complexity index is 1150. The highest BCUT2D eigenvalue weighted by molar-refractivity contribution is 6.34. The molecular weight excluding hydrogens is 447 g/mol. The maximum Gasteiger partial charge on any atom is 0.309 e. The van der Waals surface area contributed by atoms with Crippen molar-refractivity contribution in [2.24, 2.45) is 0 Å². The van der Waals surface area contributed by atoms with Gasteiger partial charge in [-0.15, -0.1) is 0 Å². The highest BCUT2D eigenvalue weighted by atomic mass is 35.5. The molecule has 0 amide bonds. The average Bonchev–Trinajstić information content (AvgIpc) is 3.07. The molecule has 1 atom stereocenters. The number of fused-ring (bicyclic) bond motifs is 1. The molecule has 0 saturated heterocycles. The monoisotopic (exact) mass is 468 g/mol. The molecule has 1 N–H and O–H groups in total. The second kappa shape index (κ2) is 9.78. The van der Waals surface area contributed by atoms with E-state index >= 15 is 0 Å². The number of benzene rings is 3. The molecule has 4 nitrogen and oxygen atoms in total. The summed E-state index contributed by atoms with van der Waals surface area (Å²) in [6, 6.07) is 18.7. The second-order valence-corrected chi connectivity index (χ2v) is 8.59. The first-order valence-electron chi connectivity index (χ1n) is 10.2. The Morgan fingerprint density at radius 2 is 1.72 bits per heavy atom. The molecule has 0 saturated carbocycles. The molecule has 164 valence electrons. The van der Waals surface area contributed by atoms with Gasteiger partial charge in [0.15, 0.2) is 0 Å². The maximum absolute atomic E-state index is 11.4. The molecule has 0 bridgehead atoms. The van der Waals surface area contributed by atoms with Crippen LogP contribution in [0.5, 0.6) is 5.75 Å². The number of aliphatic hydroxyl groups excluding tert-OH is 1. The van der Waals surface area contributed by atoms with Crippen LogP contribution in [0.3, 0.4) is 0 Å². The lowest BCUT2D eigenvalue weighted by Gasteiger charge is -2.10. The Morgan fingerprint density at radius 3 is 2.41 bits per heavy atom. The Morgan fingerprint density at radius 1 is 1.03 bits per heavy atom. The lowest BCUT2D eigenvalue weighted by atomic mass is 10.1. The highest BCUT2D eigenvalue weighted by Gasteiger charge is 2.25. The van der Waals surface area contributed by atoms with Crippen molar-refractivity contribution in [2.45, 2.75) is 25.6 Å². The van der Waals surface area contributed by atoms with Gasteiger partial charge in [0, 0.05) is 10.0 Å². The SMILES string of the molecule is COC(=O)Cc1ccc(COc2ccc3c(c2)C/C(=C\c2cc(Cl)cc(Cl)c2)C3O)cc1. The number of carbonyl (C=O) groups is 1. The normalized spacial score (nSPS) is 16.1. The van der Waals surface area contributed by atoms with E-state index in [9.17, 15) is 9.90 Å². The molecule has 0 aromatic heterocycles. The van der Waals surface area contributed by atoms with E-state index in [0.29, 0.717) is 23.1 Å². The summed E-state index contributed by atoms with van der Waals surface area (Å²) in [5.74, 6) is 0.475. The zero-order valence-electron chi connectivity index (χ0n) is 17.5. The zero-order chi connectivity index (χ0) is 22.7. The van der Waals surface area contributed by atoms with Crippen LogP contribution in [0, 0.1) is 0 Å². The predicted molar refractivity (Wildman–Crippen MR) is 126 cm³/mol. The molecular formula is C26H22Cl2O4. The summed E-state index contributed by atoms with van der Waals surface area (Å²) in [5, 5.41) is 11.9. The Kier molecular flexibility index (Phi) is 6.85. The van der Waals surface area contributed by atoms with E-state index in [-0.39, 0.29) is 12.4 Å². The van der Waals surface area contributed by atoms with Crippen LogP contribution in [0.25, 0.3) is 6.08 Å². The van der Waals surface area contributed by atoms with Gasteiger partial charge in [0.25, 0.3) is 0 Å². The van der Waals surface area contributed by atoms with Crippen LogP contribution in [-0.4, -0.2) is 18.2 Å². The van der Waals surface area contributed by atoms with Crippen molar-refractivity contribution in [3.63, 3.8) is 0 Å². The first kappa shape index (κ1) is 22.4. The van der Waals surface area contributed by atoms with Crippen molar-refractivity contribution in [3.8, 4) is 5.75 Å². The third-order valence-electron chi connectivity index (χ3n) is 5.40. The lowest BCUT2D eigenvalue weighted by Crippen LogP contribution is -2.04. The largest absolute Gasteiger partial charge is 0.489 e. The van der Waals surface area contributed by atoms with Gasteiger partial charge in [0.05, 0.1) is 13.5 Å². The fourth-order valence-corrected chi connectivity index (χ4v) is 4.31. The minimum absolute atomic E-state index is 0.252. The molecule has 0 radical (unpaired) electrons. The molecule has 1 aliphatic carbocycles. The number of rotatable bonds is 6. The zero-order valence-corrected chi connectivity index (χ0v) is 19.0. The second-order valence-electron chi connectivity index (χ2n) is 7.72. The van der Waals surface area contributed by atoms with Crippen molar-refractivity contribution in [2.75, 3.05) is 7.11 Å². The molecule has 0 heterocycles. The molecule has 3 aromatic rings. The van der Waals surface area contributed by atoms with Gasteiger partial charge in [0.1, 0.15) is 18.5 Å². The minimum Gasteiger partial charge on any atom is -0.489 e. The summed E-state index contributed by atoms with van der Waals surface area (Å²) in [7, 11) is 1.38. The molecule has 32 heavy (non-hydrogen) atoms. The number of ether oxygens (including phenoxy) is 2. The summed E-state index contributed by atoms with van der Waals surface area (Å²) >= 11 is 12.2. The molecule has 4 rings (SSSR count). The summed E-state index contributed by atoms with van der Waals surface area (Å²) in [4.78, 5) is 11.4. The molecule has 0 fully saturated rings. The topological polar surface area (TPSA) is 55.8 Å². The molecule has 6 heteroatoms. The summed E-state index contributed by atoms with van der Waals surface area (Å²) in [5.41, 5.74) is 5.55. The lowest BCUT2D eigenvalue weighted by molar-refractivity contribution is -0.139. The average molecular weight is 469 g/mol. The minimum atomic E-state index is -0.667. The number of esters is 1. The molecule has 0 aliphatic heterocycles. The van der Waals surface area contributed by atoms with Gasteiger partial charge in [-0.1, -0.05) is 59.6 Å². The van der Waals surface area contributed by atoms with Gasteiger partial charge < -0.3 is 14.6 Å². The van der Waals surface area contributed by atoms with Crippen LogP contribution < -0.4 is 4.74 Å². The van der Waals surface area contributed by atoms with Crippen molar-refractivity contribution in [3.05, 3.63) is 104 Å². The first-order chi connectivity index (χ1) is 15.4. The van der Waals surface area contributed by atoms with Crippen molar-refractivity contribution < 1.29 is 19.4 Å². The molecule has 1 unspecified atom stereocenters. The van der Waals surface area contributed by atoms with E-state index in [1.807, 2.05) is 60.7 Å². The van der Waals surface area contributed by atoms with E-state index in [2.05, 4.69) is 4.74 Å². The fraction of sp³-hybridized carbons (Fsp3) is 0.192. The molecule has 1 aliphatic rings. The smallest absolute Gasteiger partial charge is 0.309 e. The molecule has 0 spiro atoms. The van der Waals surface area contributed by atoms with Gasteiger partial charge in [-0.25, -0.2) is 0 Å². The third-order valence-corrected chi connectivity index (χ3v) is 5.83. The van der Waals surface area contributed by atoms with Crippen LogP contribution in [0.15, 0.2) is 66.2 Å². The number of halogens is 2. The third kappa shape index (κ3) is 5.33. The van der Waals surface area contributed by atoms with E-state index in [1.54, 1.807) is 6.07 Å². The number of hydrogen-bond donors (Lipinski definition) is 1. The van der Waals surface area contributed by atoms with E-state index in [0.717, 1.165) is 39.1 Å². The highest BCUT2D eigenvalue weighted by Crippen LogP contribution is 2.39. The fourth-order valence-electron chi connectivity index (χ4n) is 3.77. The van der Waals surface area contributed by atoms with E-state index in [1.165, 1.54) is 7.11 Å². The number of hydrogen-bond acceptors (Lipinski definition) is 4. The van der Waals surface area contributed by atoms with Crippen molar-refractivity contribution in [1.29, 1.82) is 0 Å². The maximum atomic E-state index is 11.4. The first-order valence-corrected chi connectivity index (χ1v) is 10.9. The van der Waals surface area contributed by atoms with Crippen LogP contribution in [0.2, 0.25) is 10.0 Å². The van der Waals surface area contributed by atoms with E-state index in [4.69, 9.17) is 27.9 Å². The number of aliphatic hydroxyl groups is 1. The van der Waals surface area contributed by atoms with Crippen LogP contribution in [0.4, 0.5) is 0 Å². The summed E-state index contributed by atoms with van der Waals surface area (Å²) in [6.45, 7) is 0.406. The Hall–Kier alpha value is -2.79. The van der Waals surface area contributed by atoms with E-state index < -0.39 is 6.10 Å². The van der Waals surface area contributed by atoms with Gasteiger partial charge in [0.2, 0.25) is 0 Å². The van der Waals surface area contributed by atoms with Crippen LogP contribution in [-0.2, 0) is 29.0 Å². The van der Waals surface area contributed by atoms with Gasteiger partial charge in [-0.2, -0.15) is 0 Å². The van der Waals surface area contributed by atoms with Crippen LogP contribution >= 0.6 is 23.2 Å². The quantitative estimate of drug-likeness (QED) is 0.453. The predicted octanol–water partition coefficient (Wildman–Crippen LogP) is 5.96. The van der Waals surface area contributed by atoms with Gasteiger partial charge in [-0.3, -0.25) is 4.79 Å². The number of methoxy groups -OCH3 is 1. The summed E-state index contributed by atoms with van der Waals surface area (Å²) < 4.78 is 10.6. The standard InChI is InChI=1S/C26H22Cl2O4/c1-31-25(29)11-16-2-4-17(5-3-16)15-32-23-6-7-24-19(13-23)12-20(26(24)30)8-18-9-21(27)14-22(28)10-18/h2-10,13-14,26,30H,11-12,15H2,1H3/b20-8+. The van der Waals surface area contributed by atoms with Crippen LogP contribution in [0.1, 0.15) is 33.9 Å².